The van der Waals surface area contributed by atoms with Gasteiger partial charge in [0.1, 0.15) is 5.75 Å². The molecule has 0 aliphatic carbocycles. The second-order valence-corrected chi connectivity index (χ2v) is 7.52. The summed E-state index contributed by atoms with van der Waals surface area (Å²) in [6, 6.07) is 10.6. The first-order valence-electron chi connectivity index (χ1n) is 8.30. The van der Waals surface area contributed by atoms with E-state index in [4.69, 9.17) is 32.7 Å². The van der Waals surface area contributed by atoms with Gasteiger partial charge in [-0.2, -0.15) is 0 Å². The van der Waals surface area contributed by atoms with Crippen molar-refractivity contribution in [3.63, 3.8) is 0 Å². The Morgan fingerprint density at radius 1 is 1.22 bits per heavy atom. The number of carbonyl (C=O) groups excluding carboxylic acids is 1. The van der Waals surface area contributed by atoms with E-state index in [0.717, 1.165) is 10.0 Å². The monoisotopic (exact) mass is 470 g/mol. The normalized spacial score (nSPS) is 14.6. The van der Waals surface area contributed by atoms with E-state index < -0.39 is 0 Å². The van der Waals surface area contributed by atoms with Gasteiger partial charge in [-0.3, -0.25) is 9.79 Å². The standard InChI is InChI=1S/C19H17BrCl2N2O3/c20-15-9-13(11-23-17-3-2-14(21)10-16(17)22)1-4-18(15)27-12-19(25)24-5-7-26-8-6-24/h1-4,9-11H,5-8,12H2. The minimum absolute atomic E-state index is 0.00752. The number of benzene rings is 2. The molecule has 0 unspecified atom stereocenters. The van der Waals surface area contributed by atoms with Crippen LogP contribution in [0.1, 0.15) is 5.56 Å². The quantitative estimate of drug-likeness (QED) is 0.591. The van der Waals surface area contributed by atoms with Crippen LogP contribution >= 0.6 is 39.1 Å². The lowest BCUT2D eigenvalue weighted by Gasteiger charge is -2.26. The Hall–Kier alpha value is -1.60. The van der Waals surface area contributed by atoms with Gasteiger partial charge in [0.2, 0.25) is 0 Å². The summed E-state index contributed by atoms with van der Waals surface area (Å²) in [5.74, 6) is 0.548. The Morgan fingerprint density at radius 3 is 2.70 bits per heavy atom. The SMILES string of the molecule is O=C(COc1ccc(C=Nc2ccc(Cl)cc2Cl)cc1Br)N1CCOCC1. The molecular weight excluding hydrogens is 455 g/mol. The maximum atomic E-state index is 12.2. The van der Waals surface area contributed by atoms with E-state index in [1.54, 1.807) is 35.4 Å². The average molecular weight is 472 g/mol. The van der Waals surface area contributed by atoms with Crippen molar-refractivity contribution in [1.82, 2.24) is 4.90 Å². The highest BCUT2D eigenvalue weighted by molar-refractivity contribution is 9.10. The molecule has 2 aromatic rings. The van der Waals surface area contributed by atoms with Gasteiger partial charge in [-0.15, -0.1) is 0 Å². The van der Waals surface area contributed by atoms with Crippen molar-refractivity contribution in [2.24, 2.45) is 4.99 Å². The van der Waals surface area contributed by atoms with Crippen molar-refractivity contribution in [2.75, 3.05) is 32.9 Å². The van der Waals surface area contributed by atoms with Crippen LogP contribution in [0.15, 0.2) is 45.9 Å². The summed E-state index contributed by atoms with van der Waals surface area (Å²) < 4.78 is 11.6. The molecule has 0 aromatic heterocycles. The number of carbonyl (C=O) groups is 1. The Morgan fingerprint density at radius 2 is 2.00 bits per heavy atom. The lowest BCUT2D eigenvalue weighted by molar-refractivity contribution is -0.137. The molecule has 0 bridgehead atoms. The molecule has 1 amide bonds. The highest BCUT2D eigenvalue weighted by Gasteiger charge is 2.17. The van der Waals surface area contributed by atoms with E-state index >= 15 is 0 Å². The number of hydrogen-bond donors (Lipinski definition) is 0. The summed E-state index contributed by atoms with van der Waals surface area (Å²) in [5, 5.41) is 1.05. The second kappa shape index (κ2) is 9.55. The predicted molar refractivity (Wildman–Crippen MR) is 111 cm³/mol. The molecular formula is C19H17BrCl2N2O3. The molecule has 0 radical (unpaired) electrons. The van der Waals surface area contributed by atoms with E-state index in [-0.39, 0.29) is 12.5 Å². The summed E-state index contributed by atoms with van der Waals surface area (Å²) in [5.41, 5.74) is 1.49. The third-order valence-electron chi connectivity index (χ3n) is 3.93. The molecule has 2 aromatic carbocycles. The first-order chi connectivity index (χ1) is 13.0. The Balaban J connectivity index is 1.61. The van der Waals surface area contributed by atoms with Crippen LogP contribution < -0.4 is 4.74 Å². The van der Waals surface area contributed by atoms with E-state index in [1.807, 2.05) is 12.1 Å². The molecule has 27 heavy (non-hydrogen) atoms. The van der Waals surface area contributed by atoms with Crippen LogP contribution in [0.4, 0.5) is 5.69 Å². The van der Waals surface area contributed by atoms with Crippen LogP contribution in [0.2, 0.25) is 10.0 Å². The van der Waals surface area contributed by atoms with Gasteiger partial charge in [-0.05, 0) is 57.9 Å². The van der Waals surface area contributed by atoms with Crippen molar-refractivity contribution in [3.8, 4) is 5.75 Å². The summed E-state index contributed by atoms with van der Waals surface area (Å²) >= 11 is 15.5. The van der Waals surface area contributed by atoms with Crippen LogP contribution in [-0.4, -0.2) is 49.9 Å². The lowest BCUT2D eigenvalue weighted by atomic mass is 10.2. The van der Waals surface area contributed by atoms with Crippen LogP contribution in [0.5, 0.6) is 5.75 Å². The van der Waals surface area contributed by atoms with Gasteiger partial charge >= 0.3 is 0 Å². The first kappa shape index (κ1) is 20.1. The van der Waals surface area contributed by atoms with Gasteiger partial charge in [0.05, 0.1) is 28.4 Å². The van der Waals surface area contributed by atoms with E-state index in [2.05, 4.69) is 20.9 Å². The summed E-state index contributed by atoms with van der Waals surface area (Å²) in [6.45, 7) is 2.34. The molecule has 1 heterocycles. The van der Waals surface area contributed by atoms with Crippen molar-refractivity contribution in [2.45, 2.75) is 0 Å². The topological polar surface area (TPSA) is 51.1 Å². The molecule has 0 spiro atoms. The van der Waals surface area contributed by atoms with Gasteiger partial charge in [-0.1, -0.05) is 23.2 Å². The highest BCUT2D eigenvalue weighted by atomic mass is 79.9. The highest BCUT2D eigenvalue weighted by Crippen LogP contribution is 2.29. The molecule has 1 fully saturated rings. The molecule has 0 atom stereocenters. The van der Waals surface area contributed by atoms with Gasteiger partial charge in [-0.25, -0.2) is 0 Å². The summed E-state index contributed by atoms with van der Waals surface area (Å²) in [6.07, 6.45) is 1.70. The predicted octanol–water partition coefficient (Wildman–Crippen LogP) is 4.74. The molecule has 142 valence electrons. The Kier molecular flexibility index (Phi) is 7.13. The zero-order chi connectivity index (χ0) is 19.2. The number of halogens is 3. The molecule has 1 aliphatic heterocycles. The van der Waals surface area contributed by atoms with Crippen molar-refractivity contribution < 1.29 is 14.3 Å². The number of morpholine rings is 1. The van der Waals surface area contributed by atoms with Gasteiger partial charge in [0, 0.05) is 24.3 Å². The molecule has 1 saturated heterocycles. The zero-order valence-electron chi connectivity index (χ0n) is 14.3. The number of ether oxygens (including phenoxy) is 2. The van der Waals surface area contributed by atoms with Crippen LogP contribution in [0, 0.1) is 0 Å². The van der Waals surface area contributed by atoms with E-state index in [0.29, 0.717) is 47.8 Å². The maximum Gasteiger partial charge on any atom is 0.260 e. The van der Waals surface area contributed by atoms with E-state index in [9.17, 15) is 4.79 Å². The minimum atomic E-state index is -0.0479. The van der Waals surface area contributed by atoms with Crippen molar-refractivity contribution >= 4 is 56.9 Å². The summed E-state index contributed by atoms with van der Waals surface area (Å²) in [4.78, 5) is 18.3. The first-order valence-corrected chi connectivity index (χ1v) is 9.85. The number of aliphatic imine (C=N–C) groups is 1. The van der Waals surface area contributed by atoms with Gasteiger partial charge in [0.15, 0.2) is 6.61 Å². The molecule has 0 saturated carbocycles. The fourth-order valence-electron chi connectivity index (χ4n) is 2.49. The van der Waals surface area contributed by atoms with Gasteiger partial charge in [0.25, 0.3) is 5.91 Å². The lowest BCUT2D eigenvalue weighted by Crippen LogP contribution is -2.43. The molecule has 3 rings (SSSR count). The summed E-state index contributed by atoms with van der Waals surface area (Å²) in [7, 11) is 0. The molecule has 0 N–H and O–H groups in total. The van der Waals surface area contributed by atoms with E-state index in [1.165, 1.54) is 0 Å². The number of hydrogen-bond acceptors (Lipinski definition) is 4. The molecule has 1 aliphatic rings. The van der Waals surface area contributed by atoms with Crippen LogP contribution in [-0.2, 0) is 9.53 Å². The fourth-order valence-corrected chi connectivity index (χ4v) is 3.46. The van der Waals surface area contributed by atoms with Crippen molar-refractivity contribution in [3.05, 3.63) is 56.5 Å². The third kappa shape index (κ3) is 5.69. The fraction of sp³-hybridized carbons (Fsp3) is 0.263. The van der Waals surface area contributed by atoms with Gasteiger partial charge < -0.3 is 14.4 Å². The molecule has 5 nitrogen and oxygen atoms in total. The Bertz CT molecular complexity index is 855. The Labute approximate surface area is 176 Å². The number of amides is 1. The maximum absolute atomic E-state index is 12.2. The second-order valence-electron chi connectivity index (χ2n) is 5.83. The zero-order valence-corrected chi connectivity index (χ0v) is 17.4. The smallest absolute Gasteiger partial charge is 0.260 e. The van der Waals surface area contributed by atoms with Crippen LogP contribution in [0.25, 0.3) is 0 Å². The molecule has 8 heteroatoms. The van der Waals surface area contributed by atoms with Crippen molar-refractivity contribution in [1.29, 1.82) is 0 Å². The average Bonchev–Trinajstić information content (AvgIpc) is 2.67. The number of rotatable bonds is 5. The number of nitrogens with zero attached hydrogens (tertiary/aromatic N) is 2. The largest absolute Gasteiger partial charge is 0.483 e. The van der Waals surface area contributed by atoms with Crippen LogP contribution in [0.3, 0.4) is 0 Å². The third-order valence-corrected chi connectivity index (χ3v) is 5.09. The minimum Gasteiger partial charge on any atom is -0.483 e.